The normalized spacial score (nSPS) is 30.4. The number of piperidine rings is 1. The van der Waals surface area contributed by atoms with E-state index in [-0.39, 0.29) is 5.60 Å². The van der Waals surface area contributed by atoms with Gasteiger partial charge in [0.2, 0.25) is 0 Å². The van der Waals surface area contributed by atoms with Crippen molar-refractivity contribution in [2.45, 2.75) is 76.2 Å². The van der Waals surface area contributed by atoms with E-state index in [1.54, 1.807) is 0 Å². The van der Waals surface area contributed by atoms with Gasteiger partial charge in [0.25, 0.3) is 0 Å². The van der Waals surface area contributed by atoms with Gasteiger partial charge in [0.1, 0.15) is 5.78 Å². The van der Waals surface area contributed by atoms with Crippen LogP contribution in [-0.4, -0.2) is 31.1 Å². The third-order valence-corrected chi connectivity index (χ3v) is 5.97. The number of ether oxygens (including phenoxy) is 1. The maximum atomic E-state index is 12.6. The molecule has 3 fully saturated rings. The van der Waals surface area contributed by atoms with Crippen LogP contribution in [0.1, 0.15) is 70.6 Å². The van der Waals surface area contributed by atoms with E-state index in [0.717, 1.165) is 51.3 Å². The Labute approximate surface area is 129 Å². The molecule has 3 heteroatoms. The molecule has 3 rings (SSSR count). The highest BCUT2D eigenvalue weighted by Crippen LogP contribution is 2.41. The Morgan fingerprint density at radius 2 is 1.86 bits per heavy atom. The summed E-state index contributed by atoms with van der Waals surface area (Å²) in [6, 6.07) is 0. The summed E-state index contributed by atoms with van der Waals surface area (Å²) in [4.78, 5) is 12.6. The molecule has 2 heterocycles. The van der Waals surface area contributed by atoms with Crippen LogP contribution in [0.2, 0.25) is 0 Å². The van der Waals surface area contributed by atoms with Crippen molar-refractivity contribution >= 4 is 5.78 Å². The molecule has 0 aromatic rings. The Bertz CT molecular complexity index is 338. The minimum absolute atomic E-state index is 0.0750. The molecule has 1 N–H and O–H groups in total. The van der Waals surface area contributed by atoms with Crippen LogP contribution in [0, 0.1) is 11.8 Å². The predicted molar refractivity (Wildman–Crippen MR) is 84.3 cm³/mol. The van der Waals surface area contributed by atoms with E-state index >= 15 is 0 Å². The monoisotopic (exact) mass is 293 g/mol. The quantitative estimate of drug-likeness (QED) is 0.862. The average Bonchev–Trinajstić information content (AvgIpc) is 2.54. The van der Waals surface area contributed by atoms with Crippen molar-refractivity contribution in [3.8, 4) is 0 Å². The maximum Gasteiger partial charge on any atom is 0.136 e. The van der Waals surface area contributed by atoms with Gasteiger partial charge in [0.15, 0.2) is 0 Å². The second kappa shape index (κ2) is 7.23. The van der Waals surface area contributed by atoms with E-state index in [1.807, 2.05) is 0 Å². The van der Waals surface area contributed by atoms with Crippen molar-refractivity contribution in [1.82, 2.24) is 5.32 Å². The zero-order valence-electron chi connectivity index (χ0n) is 13.4. The van der Waals surface area contributed by atoms with E-state index in [2.05, 4.69) is 5.32 Å². The first-order valence-electron chi connectivity index (χ1n) is 9.15. The molecule has 1 unspecified atom stereocenters. The second-order valence-electron chi connectivity index (χ2n) is 7.48. The molecule has 1 atom stereocenters. The Hall–Kier alpha value is -0.410. The largest absolute Gasteiger partial charge is 0.375 e. The number of carbonyl (C=O) groups is 1. The van der Waals surface area contributed by atoms with Crippen molar-refractivity contribution in [3.63, 3.8) is 0 Å². The number of nitrogens with one attached hydrogen (secondary N) is 1. The van der Waals surface area contributed by atoms with Gasteiger partial charge in [0.05, 0.1) is 5.60 Å². The van der Waals surface area contributed by atoms with Gasteiger partial charge in [-0.3, -0.25) is 4.79 Å². The van der Waals surface area contributed by atoms with Gasteiger partial charge in [-0.15, -0.1) is 0 Å². The fraction of sp³-hybridized carbons (Fsp3) is 0.944. The fourth-order valence-corrected chi connectivity index (χ4v) is 4.57. The highest BCUT2D eigenvalue weighted by Gasteiger charge is 2.40. The number of ketones is 1. The van der Waals surface area contributed by atoms with E-state index in [1.165, 1.54) is 44.9 Å². The third kappa shape index (κ3) is 4.07. The summed E-state index contributed by atoms with van der Waals surface area (Å²) in [7, 11) is 0. The number of rotatable bonds is 4. The lowest BCUT2D eigenvalue weighted by Gasteiger charge is -2.43. The molecular weight excluding hydrogens is 262 g/mol. The van der Waals surface area contributed by atoms with Crippen molar-refractivity contribution < 1.29 is 9.53 Å². The molecule has 0 bridgehead atoms. The van der Waals surface area contributed by atoms with Crippen LogP contribution >= 0.6 is 0 Å². The van der Waals surface area contributed by atoms with E-state index in [4.69, 9.17) is 4.74 Å². The van der Waals surface area contributed by atoms with Gasteiger partial charge in [-0.1, -0.05) is 19.3 Å². The molecule has 3 aliphatic rings. The first-order valence-corrected chi connectivity index (χ1v) is 9.15. The molecule has 2 aliphatic heterocycles. The van der Waals surface area contributed by atoms with Crippen molar-refractivity contribution in [1.29, 1.82) is 0 Å². The summed E-state index contributed by atoms with van der Waals surface area (Å²) in [5.74, 6) is 1.60. The predicted octanol–water partition coefficient (Wildman–Crippen LogP) is 3.46. The lowest BCUT2D eigenvalue weighted by atomic mass is 9.74. The van der Waals surface area contributed by atoms with Crippen molar-refractivity contribution in [2.24, 2.45) is 11.8 Å². The Morgan fingerprint density at radius 1 is 1.10 bits per heavy atom. The van der Waals surface area contributed by atoms with Crippen LogP contribution in [0.15, 0.2) is 0 Å². The summed E-state index contributed by atoms with van der Waals surface area (Å²) in [5.41, 5.74) is 0.0750. The Kier molecular flexibility index (Phi) is 5.33. The molecule has 0 aromatic carbocycles. The van der Waals surface area contributed by atoms with Crippen molar-refractivity contribution in [2.75, 3.05) is 19.7 Å². The molecule has 0 aromatic heterocycles. The zero-order valence-corrected chi connectivity index (χ0v) is 13.4. The smallest absolute Gasteiger partial charge is 0.136 e. The number of hydrogen-bond acceptors (Lipinski definition) is 3. The molecular formula is C18H31NO2. The van der Waals surface area contributed by atoms with Crippen LogP contribution in [0.3, 0.4) is 0 Å². The second-order valence-corrected chi connectivity index (χ2v) is 7.48. The molecule has 2 saturated heterocycles. The van der Waals surface area contributed by atoms with E-state index in [0.29, 0.717) is 11.7 Å². The van der Waals surface area contributed by atoms with Crippen molar-refractivity contribution in [3.05, 3.63) is 0 Å². The van der Waals surface area contributed by atoms with Crippen LogP contribution in [0.25, 0.3) is 0 Å². The summed E-state index contributed by atoms with van der Waals surface area (Å²) < 4.78 is 6.12. The van der Waals surface area contributed by atoms with Gasteiger partial charge in [-0.25, -0.2) is 0 Å². The van der Waals surface area contributed by atoms with E-state index < -0.39 is 0 Å². The maximum absolute atomic E-state index is 12.6. The zero-order chi connectivity index (χ0) is 14.5. The lowest BCUT2D eigenvalue weighted by molar-refractivity contribution is -0.143. The van der Waals surface area contributed by atoms with Crippen LogP contribution in [0.4, 0.5) is 0 Å². The average molecular weight is 293 g/mol. The van der Waals surface area contributed by atoms with Gasteiger partial charge in [-0.05, 0) is 64.0 Å². The minimum atomic E-state index is 0.0750. The summed E-state index contributed by atoms with van der Waals surface area (Å²) in [6.07, 6.45) is 12.7. The van der Waals surface area contributed by atoms with Gasteiger partial charge in [0, 0.05) is 18.9 Å². The lowest BCUT2D eigenvalue weighted by Crippen LogP contribution is -2.43. The molecule has 0 amide bonds. The molecule has 1 saturated carbocycles. The summed E-state index contributed by atoms with van der Waals surface area (Å²) in [6.45, 7) is 3.09. The molecule has 3 nitrogen and oxygen atoms in total. The number of carbonyl (C=O) groups excluding carboxylic acids is 1. The third-order valence-electron chi connectivity index (χ3n) is 5.97. The summed E-state index contributed by atoms with van der Waals surface area (Å²) in [5, 5.41) is 3.40. The number of Topliss-reactive ketones (excluding diaryl/α,β-unsaturated/α-hetero) is 1. The van der Waals surface area contributed by atoms with Gasteiger partial charge >= 0.3 is 0 Å². The van der Waals surface area contributed by atoms with Gasteiger partial charge < -0.3 is 10.1 Å². The molecule has 21 heavy (non-hydrogen) atoms. The summed E-state index contributed by atoms with van der Waals surface area (Å²) >= 11 is 0. The Morgan fingerprint density at radius 3 is 2.62 bits per heavy atom. The first kappa shape index (κ1) is 15.5. The van der Waals surface area contributed by atoms with Crippen LogP contribution in [-0.2, 0) is 9.53 Å². The van der Waals surface area contributed by atoms with Gasteiger partial charge in [-0.2, -0.15) is 0 Å². The fourth-order valence-electron chi connectivity index (χ4n) is 4.57. The first-order chi connectivity index (χ1) is 10.3. The van der Waals surface area contributed by atoms with Crippen LogP contribution in [0.5, 0.6) is 0 Å². The van der Waals surface area contributed by atoms with Crippen LogP contribution < -0.4 is 5.32 Å². The molecule has 120 valence electrons. The Balaban J connectivity index is 1.47. The molecule has 1 aliphatic carbocycles. The molecule has 1 spiro atoms. The molecule has 0 radical (unpaired) electrons. The standard InChI is InChI=1S/C18H31NO2/c20-17(5-4-15-6-11-19-12-7-15)16-8-13-21-18(14-16)9-2-1-3-10-18/h15-16,19H,1-14H2. The number of hydrogen-bond donors (Lipinski definition) is 1. The SMILES string of the molecule is O=C(CCC1CCNCC1)C1CCOC2(CCCCC2)C1. The highest BCUT2D eigenvalue weighted by atomic mass is 16.5. The topological polar surface area (TPSA) is 38.3 Å². The minimum Gasteiger partial charge on any atom is -0.375 e. The van der Waals surface area contributed by atoms with E-state index in [9.17, 15) is 4.79 Å². The highest BCUT2D eigenvalue weighted by molar-refractivity contribution is 5.81.